The van der Waals surface area contributed by atoms with E-state index in [1.165, 1.54) is 0 Å². The van der Waals surface area contributed by atoms with E-state index < -0.39 is 0 Å². The first-order valence-electron chi connectivity index (χ1n) is 9.38. The summed E-state index contributed by atoms with van der Waals surface area (Å²) in [6, 6.07) is 7.05. The lowest BCUT2D eigenvalue weighted by molar-refractivity contribution is 0.255. The van der Waals surface area contributed by atoms with Gasteiger partial charge in [-0.15, -0.1) is 0 Å². The van der Waals surface area contributed by atoms with Crippen LogP contribution in [0, 0.1) is 6.92 Å². The van der Waals surface area contributed by atoms with E-state index in [0.29, 0.717) is 29.1 Å². The number of aromatic nitrogens is 2. The summed E-state index contributed by atoms with van der Waals surface area (Å²) in [6.07, 6.45) is 3.04. The molecule has 0 unspecified atom stereocenters. The minimum atomic E-state index is -0.150. The van der Waals surface area contributed by atoms with Crippen LogP contribution in [0.2, 0.25) is 10.0 Å². The lowest BCUT2D eigenvalue weighted by Gasteiger charge is -2.18. The highest BCUT2D eigenvalue weighted by atomic mass is 35.5. The molecule has 2 aromatic rings. The van der Waals surface area contributed by atoms with Crippen molar-refractivity contribution >= 4 is 40.9 Å². The maximum atomic E-state index is 13.0. The molecular formula is C20H25Cl2N5O. The lowest BCUT2D eigenvalue weighted by Crippen LogP contribution is -2.33. The average molecular weight is 422 g/mol. The third-order valence-electron chi connectivity index (χ3n) is 4.65. The van der Waals surface area contributed by atoms with Crippen LogP contribution in [0.15, 0.2) is 24.3 Å². The number of hydrogen-bond acceptors (Lipinski definition) is 4. The summed E-state index contributed by atoms with van der Waals surface area (Å²) in [5.74, 6) is 0.468. The molecule has 0 radical (unpaired) electrons. The zero-order valence-electron chi connectivity index (χ0n) is 16.5. The van der Waals surface area contributed by atoms with Gasteiger partial charge in [-0.2, -0.15) is 0 Å². The zero-order chi connectivity index (χ0) is 20.3. The first kappa shape index (κ1) is 20.8. The van der Waals surface area contributed by atoms with Gasteiger partial charge in [0.25, 0.3) is 0 Å². The van der Waals surface area contributed by atoms with Crippen molar-refractivity contribution in [2.45, 2.75) is 26.2 Å². The first-order valence-corrected chi connectivity index (χ1v) is 10.1. The number of aryl methyl sites for hydroxylation is 2. The number of benzene rings is 1. The van der Waals surface area contributed by atoms with Crippen LogP contribution in [0.4, 0.5) is 16.4 Å². The Morgan fingerprint density at radius 3 is 2.50 bits per heavy atom. The van der Waals surface area contributed by atoms with E-state index in [2.05, 4.69) is 29.0 Å². The van der Waals surface area contributed by atoms with Gasteiger partial charge in [0.2, 0.25) is 5.95 Å². The molecule has 3 rings (SSSR count). The number of nitrogens with zero attached hydrogens (tertiary/aromatic N) is 5. The van der Waals surface area contributed by atoms with E-state index in [1.54, 1.807) is 28.0 Å². The summed E-state index contributed by atoms with van der Waals surface area (Å²) in [4.78, 5) is 27.6. The molecule has 0 aliphatic carbocycles. The van der Waals surface area contributed by atoms with Gasteiger partial charge in [-0.3, -0.25) is 9.80 Å². The van der Waals surface area contributed by atoms with Crippen LogP contribution >= 0.6 is 23.2 Å². The molecule has 0 saturated carbocycles. The molecule has 2 amide bonds. The molecule has 1 aromatic heterocycles. The molecule has 1 saturated heterocycles. The molecule has 6 nitrogen and oxygen atoms in total. The van der Waals surface area contributed by atoms with Crippen molar-refractivity contribution in [1.82, 2.24) is 14.9 Å². The number of urea groups is 1. The third kappa shape index (κ3) is 4.93. The van der Waals surface area contributed by atoms with E-state index in [9.17, 15) is 4.79 Å². The number of anilines is 2. The van der Waals surface area contributed by atoms with Crippen LogP contribution in [0.3, 0.4) is 0 Å². The third-order valence-corrected chi connectivity index (χ3v) is 5.39. The average Bonchev–Trinajstić information content (AvgIpc) is 3.02. The second-order valence-corrected chi connectivity index (χ2v) is 8.06. The minimum absolute atomic E-state index is 0.150. The fourth-order valence-corrected chi connectivity index (χ4v) is 3.51. The number of rotatable bonds is 7. The summed E-state index contributed by atoms with van der Waals surface area (Å²) in [6.45, 7) is 4.07. The zero-order valence-corrected chi connectivity index (χ0v) is 18.0. The molecule has 28 heavy (non-hydrogen) atoms. The minimum Gasteiger partial charge on any atom is -0.309 e. The van der Waals surface area contributed by atoms with Gasteiger partial charge in [-0.1, -0.05) is 23.2 Å². The van der Waals surface area contributed by atoms with Crippen molar-refractivity contribution in [3.05, 3.63) is 45.7 Å². The number of carbonyl (C=O) groups is 1. The van der Waals surface area contributed by atoms with E-state index in [1.807, 2.05) is 13.0 Å². The Kier molecular flexibility index (Phi) is 6.75. The molecule has 1 aliphatic heterocycles. The quantitative estimate of drug-likeness (QED) is 0.620. The molecule has 150 valence electrons. The maximum absolute atomic E-state index is 13.0. The topological polar surface area (TPSA) is 52.6 Å². The normalized spacial score (nSPS) is 14.4. The van der Waals surface area contributed by atoms with Gasteiger partial charge < -0.3 is 4.90 Å². The van der Waals surface area contributed by atoms with Crippen molar-refractivity contribution in [3.63, 3.8) is 0 Å². The SMILES string of the molecule is Cc1cc(CCCCN(C)C)nc(N2CCN(c3ccc(Cl)c(Cl)c3)C2=O)n1. The van der Waals surface area contributed by atoms with Gasteiger partial charge in [0.15, 0.2) is 0 Å². The molecule has 8 heteroatoms. The highest BCUT2D eigenvalue weighted by Gasteiger charge is 2.32. The highest BCUT2D eigenvalue weighted by molar-refractivity contribution is 6.42. The van der Waals surface area contributed by atoms with Crippen molar-refractivity contribution in [3.8, 4) is 0 Å². The number of carbonyl (C=O) groups excluding carboxylic acids is 1. The fraction of sp³-hybridized carbons (Fsp3) is 0.450. The van der Waals surface area contributed by atoms with Gasteiger partial charge in [-0.25, -0.2) is 14.8 Å². The van der Waals surface area contributed by atoms with E-state index in [-0.39, 0.29) is 6.03 Å². The highest BCUT2D eigenvalue weighted by Crippen LogP contribution is 2.30. The van der Waals surface area contributed by atoms with E-state index >= 15 is 0 Å². The molecular weight excluding hydrogens is 397 g/mol. The summed E-state index contributed by atoms with van der Waals surface area (Å²) in [5.41, 5.74) is 2.56. The van der Waals surface area contributed by atoms with Gasteiger partial charge in [0.05, 0.1) is 10.0 Å². The standard InChI is InChI=1S/C20H25Cl2N5O/c1-14-12-15(6-4-5-9-25(2)3)24-19(23-14)27-11-10-26(20(27)28)16-7-8-17(21)18(22)13-16/h7-8,12-13H,4-6,9-11H2,1-3H3. The summed E-state index contributed by atoms with van der Waals surface area (Å²) in [7, 11) is 4.15. The van der Waals surface area contributed by atoms with Crippen LogP contribution in [0.25, 0.3) is 0 Å². The Morgan fingerprint density at radius 2 is 1.79 bits per heavy atom. The first-order chi connectivity index (χ1) is 13.3. The van der Waals surface area contributed by atoms with E-state index in [4.69, 9.17) is 23.2 Å². The van der Waals surface area contributed by atoms with Crippen LogP contribution < -0.4 is 9.80 Å². The largest absolute Gasteiger partial charge is 0.331 e. The van der Waals surface area contributed by atoms with Gasteiger partial charge in [0.1, 0.15) is 0 Å². The van der Waals surface area contributed by atoms with Crippen molar-refractivity contribution in [1.29, 1.82) is 0 Å². The number of amides is 2. The predicted octanol–water partition coefficient (Wildman–Crippen LogP) is 4.42. The van der Waals surface area contributed by atoms with Crippen LogP contribution in [0.5, 0.6) is 0 Å². The molecule has 1 fully saturated rings. The summed E-state index contributed by atoms with van der Waals surface area (Å²) < 4.78 is 0. The Balaban J connectivity index is 1.72. The Hall–Kier alpha value is -1.89. The second kappa shape index (κ2) is 9.07. The van der Waals surface area contributed by atoms with Crippen LogP contribution in [-0.2, 0) is 6.42 Å². The van der Waals surface area contributed by atoms with Crippen molar-refractivity contribution < 1.29 is 4.79 Å². The van der Waals surface area contributed by atoms with Gasteiger partial charge in [0, 0.05) is 30.2 Å². The number of halogens is 2. The Morgan fingerprint density at radius 1 is 1.04 bits per heavy atom. The summed E-state index contributed by atoms with van der Waals surface area (Å²) >= 11 is 12.1. The summed E-state index contributed by atoms with van der Waals surface area (Å²) in [5, 5.41) is 0.895. The molecule has 2 heterocycles. The fourth-order valence-electron chi connectivity index (χ4n) is 3.21. The lowest BCUT2D eigenvalue weighted by atomic mass is 10.1. The van der Waals surface area contributed by atoms with E-state index in [0.717, 1.165) is 42.9 Å². The van der Waals surface area contributed by atoms with Crippen LogP contribution in [0.1, 0.15) is 24.2 Å². The maximum Gasteiger partial charge on any atom is 0.331 e. The molecule has 0 bridgehead atoms. The predicted molar refractivity (Wildman–Crippen MR) is 115 cm³/mol. The Labute approximate surface area is 176 Å². The van der Waals surface area contributed by atoms with Gasteiger partial charge in [-0.05, 0) is 71.1 Å². The molecule has 0 spiro atoms. The molecule has 0 N–H and O–H groups in total. The molecule has 1 aliphatic rings. The monoisotopic (exact) mass is 421 g/mol. The molecule has 0 atom stereocenters. The second-order valence-electron chi connectivity index (χ2n) is 7.25. The van der Waals surface area contributed by atoms with Crippen molar-refractivity contribution in [2.24, 2.45) is 0 Å². The smallest absolute Gasteiger partial charge is 0.309 e. The van der Waals surface area contributed by atoms with Crippen molar-refractivity contribution in [2.75, 3.05) is 43.5 Å². The van der Waals surface area contributed by atoms with Gasteiger partial charge >= 0.3 is 6.03 Å². The van der Waals surface area contributed by atoms with Crippen LogP contribution in [-0.4, -0.2) is 54.6 Å². The number of hydrogen-bond donors (Lipinski definition) is 0. The Bertz CT molecular complexity index is 858. The number of unbranched alkanes of at least 4 members (excludes halogenated alkanes) is 1. The molecule has 1 aromatic carbocycles.